The van der Waals surface area contributed by atoms with Crippen molar-refractivity contribution in [2.45, 2.75) is 0 Å². The van der Waals surface area contributed by atoms with E-state index in [1.807, 2.05) is 78.9 Å². The normalized spacial score (nSPS) is 11.3. The molecule has 0 aliphatic heterocycles. The molecule has 0 bridgehead atoms. The third kappa shape index (κ3) is 4.65. The van der Waals surface area contributed by atoms with E-state index >= 15 is 0 Å². The van der Waals surface area contributed by atoms with Gasteiger partial charge in [-0.3, -0.25) is 0 Å². The smallest absolute Gasteiger partial charge is 0.164 e. The molecule has 8 aromatic rings. The molecule has 0 amide bonds. The highest BCUT2D eigenvalue weighted by Crippen LogP contribution is 2.38. The maximum atomic E-state index is 6.34. The van der Waals surface area contributed by atoms with Gasteiger partial charge in [0.15, 0.2) is 17.5 Å². The molecule has 0 atom stereocenters. The lowest BCUT2D eigenvalue weighted by Crippen LogP contribution is -2.00. The van der Waals surface area contributed by atoms with E-state index in [-0.39, 0.29) is 0 Å². The van der Waals surface area contributed by atoms with Crippen LogP contribution in [0.15, 0.2) is 156 Å². The van der Waals surface area contributed by atoms with Crippen molar-refractivity contribution in [3.05, 3.63) is 152 Å². The van der Waals surface area contributed by atoms with Gasteiger partial charge >= 0.3 is 0 Å². The molecule has 0 aliphatic rings. The fourth-order valence-electron chi connectivity index (χ4n) is 5.61. The van der Waals surface area contributed by atoms with E-state index < -0.39 is 0 Å². The highest BCUT2D eigenvalue weighted by Gasteiger charge is 2.18. The van der Waals surface area contributed by atoms with Crippen LogP contribution in [0.25, 0.3) is 78.4 Å². The first-order valence-electron chi connectivity index (χ1n) is 14.3. The molecule has 202 valence electrons. The third-order valence-electron chi connectivity index (χ3n) is 7.76. The number of nitrogens with zero attached hydrogens (tertiary/aromatic N) is 3. The van der Waals surface area contributed by atoms with Gasteiger partial charge in [-0.2, -0.15) is 0 Å². The predicted octanol–water partition coefficient (Wildman–Crippen LogP) is 10.1. The third-order valence-corrected chi connectivity index (χ3v) is 7.76. The van der Waals surface area contributed by atoms with Crippen LogP contribution in [0, 0.1) is 0 Å². The van der Waals surface area contributed by atoms with E-state index in [1.165, 1.54) is 11.1 Å². The average Bonchev–Trinajstić information content (AvgIpc) is 3.47. The number of hydrogen-bond donors (Lipinski definition) is 0. The van der Waals surface area contributed by atoms with Crippen molar-refractivity contribution >= 4 is 21.9 Å². The zero-order valence-electron chi connectivity index (χ0n) is 23.2. The zero-order valence-corrected chi connectivity index (χ0v) is 23.2. The average molecular weight is 552 g/mol. The summed E-state index contributed by atoms with van der Waals surface area (Å²) >= 11 is 0. The number of hydrogen-bond acceptors (Lipinski definition) is 4. The second-order valence-electron chi connectivity index (χ2n) is 10.5. The summed E-state index contributed by atoms with van der Waals surface area (Å²) in [5, 5.41) is 2.02. The molecular weight excluding hydrogens is 526 g/mol. The summed E-state index contributed by atoms with van der Waals surface area (Å²) in [7, 11) is 0. The number of furan rings is 1. The molecule has 0 fully saturated rings. The van der Waals surface area contributed by atoms with E-state index in [9.17, 15) is 0 Å². The maximum Gasteiger partial charge on any atom is 0.164 e. The van der Waals surface area contributed by atoms with Crippen molar-refractivity contribution in [2.24, 2.45) is 0 Å². The van der Waals surface area contributed by atoms with Gasteiger partial charge < -0.3 is 4.42 Å². The SMILES string of the molecule is c1ccc(-c2ccc(-c3ccc4oc5cccc(-c6nc(-c7ccccc7)nc(-c7ccccc7)n6)c5c4c3)cc2)cc1. The molecule has 8 rings (SSSR count). The van der Waals surface area contributed by atoms with E-state index in [2.05, 4.69) is 72.8 Å². The zero-order chi connectivity index (χ0) is 28.6. The fraction of sp³-hybridized carbons (Fsp3) is 0. The van der Waals surface area contributed by atoms with Crippen LogP contribution in [0.3, 0.4) is 0 Å². The van der Waals surface area contributed by atoms with Gasteiger partial charge in [-0.15, -0.1) is 0 Å². The summed E-state index contributed by atoms with van der Waals surface area (Å²) in [5.41, 5.74) is 9.07. The highest BCUT2D eigenvalue weighted by atomic mass is 16.3. The van der Waals surface area contributed by atoms with Crippen LogP contribution >= 0.6 is 0 Å². The number of rotatable bonds is 5. The lowest BCUT2D eigenvalue weighted by atomic mass is 9.98. The molecule has 4 heteroatoms. The lowest BCUT2D eigenvalue weighted by Gasteiger charge is -2.09. The molecule has 6 aromatic carbocycles. The Bertz CT molecular complexity index is 2150. The minimum absolute atomic E-state index is 0.610. The van der Waals surface area contributed by atoms with Crippen LogP contribution in [0.1, 0.15) is 0 Å². The summed E-state index contributed by atoms with van der Waals surface area (Å²) in [6.07, 6.45) is 0. The lowest BCUT2D eigenvalue weighted by molar-refractivity contribution is 0.669. The molecule has 4 nitrogen and oxygen atoms in total. The van der Waals surface area contributed by atoms with E-state index in [1.54, 1.807) is 0 Å². The Hall–Kier alpha value is -5.87. The van der Waals surface area contributed by atoms with Crippen molar-refractivity contribution < 1.29 is 4.42 Å². The van der Waals surface area contributed by atoms with Crippen molar-refractivity contribution in [2.75, 3.05) is 0 Å². The minimum atomic E-state index is 0.610. The fourth-order valence-corrected chi connectivity index (χ4v) is 5.61. The second kappa shape index (κ2) is 10.5. The molecule has 0 aliphatic carbocycles. The summed E-state index contributed by atoms with van der Waals surface area (Å²) < 4.78 is 6.34. The summed E-state index contributed by atoms with van der Waals surface area (Å²) in [6.45, 7) is 0. The minimum Gasteiger partial charge on any atom is -0.456 e. The highest BCUT2D eigenvalue weighted by molar-refractivity contribution is 6.12. The maximum absolute atomic E-state index is 6.34. The van der Waals surface area contributed by atoms with E-state index in [0.29, 0.717) is 17.5 Å². The molecule has 2 heterocycles. The summed E-state index contributed by atoms with van der Waals surface area (Å²) in [4.78, 5) is 14.8. The molecule has 2 aromatic heterocycles. The first kappa shape index (κ1) is 24.9. The van der Waals surface area contributed by atoms with Gasteiger partial charge in [0.25, 0.3) is 0 Å². The van der Waals surface area contributed by atoms with E-state index in [4.69, 9.17) is 19.4 Å². The molecule has 0 unspecified atom stereocenters. The van der Waals surface area contributed by atoms with Crippen molar-refractivity contribution in [3.63, 3.8) is 0 Å². The number of fused-ring (bicyclic) bond motifs is 3. The van der Waals surface area contributed by atoms with Crippen LogP contribution in [0.2, 0.25) is 0 Å². The second-order valence-corrected chi connectivity index (χ2v) is 10.5. The van der Waals surface area contributed by atoms with Crippen molar-refractivity contribution in [1.82, 2.24) is 15.0 Å². The molecular formula is C39H25N3O. The van der Waals surface area contributed by atoms with Gasteiger partial charge in [0.05, 0.1) is 0 Å². The molecule has 0 saturated heterocycles. The Morgan fingerprint density at radius 2 is 0.837 bits per heavy atom. The Kier molecular flexibility index (Phi) is 6.08. The first-order chi connectivity index (χ1) is 21.3. The Balaban J connectivity index is 1.29. The standard InChI is InChI=1S/C39H25N3O/c1-4-11-26(12-5-1)27-19-21-28(22-20-27)31-23-24-34-33(25-31)36-32(17-10-18-35(36)43-34)39-41-37(29-13-6-2-7-14-29)40-38(42-39)30-15-8-3-9-16-30/h1-25H. The van der Waals surface area contributed by atoms with Crippen LogP contribution in [0.5, 0.6) is 0 Å². The van der Waals surface area contributed by atoms with E-state index in [0.717, 1.165) is 49.8 Å². The van der Waals surface area contributed by atoms with Gasteiger partial charge in [0.2, 0.25) is 0 Å². The summed E-state index contributed by atoms with van der Waals surface area (Å²) in [5.74, 6) is 1.88. The van der Waals surface area contributed by atoms with Gasteiger partial charge in [-0.25, -0.2) is 15.0 Å². The topological polar surface area (TPSA) is 51.8 Å². The van der Waals surface area contributed by atoms with Crippen molar-refractivity contribution in [1.29, 1.82) is 0 Å². The summed E-state index contributed by atoms with van der Waals surface area (Å²) in [6, 6.07) is 51.7. The molecule has 0 saturated carbocycles. The van der Waals surface area contributed by atoms with Crippen LogP contribution in [-0.4, -0.2) is 15.0 Å². The Morgan fingerprint density at radius 3 is 1.44 bits per heavy atom. The first-order valence-corrected chi connectivity index (χ1v) is 14.3. The van der Waals surface area contributed by atoms with Gasteiger partial charge in [0.1, 0.15) is 11.2 Å². The molecule has 0 spiro atoms. The Morgan fingerprint density at radius 1 is 0.349 bits per heavy atom. The predicted molar refractivity (Wildman–Crippen MR) is 174 cm³/mol. The number of benzene rings is 6. The van der Waals surface area contributed by atoms with Gasteiger partial charge in [0, 0.05) is 27.5 Å². The van der Waals surface area contributed by atoms with Gasteiger partial charge in [-0.05, 0) is 40.5 Å². The van der Waals surface area contributed by atoms with Crippen LogP contribution < -0.4 is 0 Å². The van der Waals surface area contributed by atoms with Gasteiger partial charge in [-0.1, -0.05) is 133 Å². The van der Waals surface area contributed by atoms with Crippen LogP contribution in [0.4, 0.5) is 0 Å². The van der Waals surface area contributed by atoms with Crippen LogP contribution in [-0.2, 0) is 0 Å². The van der Waals surface area contributed by atoms with Crippen molar-refractivity contribution in [3.8, 4) is 56.4 Å². The monoisotopic (exact) mass is 551 g/mol. The quantitative estimate of drug-likeness (QED) is 0.214. The Labute approximate surface area is 249 Å². The molecule has 0 N–H and O–H groups in total. The largest absolute Gasteiger partial charge is 0.456 e. The molecule has 0 radical (unpaired) electrons. The number of aromatic nitrogens is 3. The molecule has 43 heavy (non-hydrogen) atoms.